The van der Waals surface area contributed by atoms with Gasteiger partial charge in [0.2, 0.25) is 5.91 Å². The second kappa shape index (κ2) is 8.30. The topological polar surface area (TPSA) is 89.4 Å². The van der Waals surface area contributed by atoms with E-state index in [9.17, 15) is 9.59 Å². The van der Waals surface area contributed by atoms with Gasteiger partial charge in [0.05, 0.1) is 12.7 Å². The number of hydrogen-bond donors (Lipinski definition) is 1. The van der Waals surface area contributed by atoms with E-state index in [0.717, 1.165) is 0 Å². The predicted molar refractivity (Wildman–Crippen MR) is 88.0 cm³/mol. The molecule has 1 heterocycles. The Morgan fingerprint density at radius 2 is 2.17 bits per heavy atom. The maximum absolute atomic E-state index is 11.9. The van der Waals surface area contributed by atoms with Crippen molar-refractivity contribution in [3.8, 4) is 5.75 Å². The molecule has 1 aromatic heterocycles. The Hall–Kier alpha value is -2.61. The van der Waals surface area contributed by atoms with Crippen LogP contribution in [0.15, 0.2) is 30.5 Å². The van der Waals surface area contributed by atoms with Crippen LogP contribution in [0.25, 0.3) is 0 Å². The third-order valence-electron chi connectivity index (χ3n) is 3.02. The third kappa shape index (κ3) is 5.24. The molecule has 0 saturated heterocycles. The summed E-state index contributed by atoms with van der Waals surface area (Å²) in [5.74, 6) is 0.111. The summed E-state index contributed by atoms with van der Waals surface area (Å²) < 4.78 is 6.79. The molecule has 128 valence electrons. The first-order valence-electron chi connectivity index (χ1n) is 7.22. The van der Waals surface area contributed by atoms with Crippen LogP contribution in [-0.2, 0) is 11.3 Å². The molecule has 0 bridgehead atoms. The van der Waals surface area contributed by atoms with Crippen molar-refractivity contribution < 1.29 is 14.3 Å². The summed E-state index contributed by atoms with van der Waals surface area (Å²) in [6.07, 6.45) is 1.43. The Morgan fingerprint density at radius 3 is 2.88 bits per heavy atom. The van der Waals surface area contributed by atoms with E-state index in [1.165, 1.54) is 15.8 Å². The van der Waals surface area contributed by atoms with Crippen molar-refractivity contribution >= 4 is 23.4 Å². The van der Waals surface area contributed by atoms with Gasteiger partial charge in [0.15, 0.2) is 5.69 Å². The SMILES string of the molecule is CN(C)C(=O)Cn1cc(C(=O)NCCOc2cccc(Cl)c2)nn1. The number of likely N-dealkylation sites (N-methyl/N-ethyl adjacent to an activating group) is 1. The van der Waals surface area contributed by atoms with Gasteiger partial charge in [-0.2, -0.15) is 0 Å². The minimum Gasteiger partial charge on any atom is -0.492 e. The number of ether oxygens (including phenoxy) is 1. The molecule has 0 spiro atoms. The van der Waals surface area contributed by atoms with Gasteiger partial charge >= 0.3 is 0 Å². The fourth-order valence-corrected chi connectivity index (χ4v) is 1.92. The van der Waals surface area contributed by atoms with E-state index in [-0.39, 0.29) is 24.1 Å². The summed E-state index contributed by atoms with van der Waals surface area (Å²) in [5.41, 5.74) is 0.143. The van der Waals surface area contributed by atoms with Crippen molar-refractivity contribution in [1.29, 1.82) is 0 Å². The summed E-state index contributed by atoms with van der Waals surface area (Å²) in [7, 11) is 3.29. The molecule has 24 heavy (non-hydrogen) atoms. The molecule has 9 heteroatoms. The van der Waals surface area contributed by atoms with Crippen LogP contribution in [0.2, 0.25) is 5.02 Å². The molecule has 0 aliphatic rings. The fraction of sp³-hybridized carbons (Fsp3) is 0.333. The second-order valence-electron chi connectivity index (χ2n) is 5.15. The van der Waals surface area contributed by atoms with Gasteiger partial charge in [-0.1, -0.05) is 22.9 Å². The van der Waals surface area contributed by atoms with Crippen LogP contribution in [0.1, 0.15) is 10.5 Å². The van der Waals surface area contributed by atoms with Crippen molar-refractivity contribution in [1.82, 2.24) is 25.2 Å². The van der Waals surface area contributed by atoms with Crippen LogP contribution in [0.3, 0.4) is 0 Å². The van der Waals surface area contributed by atoms with E-state index < -0.39 is 0 Å². The molecule has 8 nitrogen and oxygen atoms in total. The zero-order valence-corrected chi connectivity index (χ0v) is 14.2. The summed E-state index contributed by atoms with van der Waals surface area (Å²) in [4.78, 5) is 25.0. The van der Waals surface area contributed by atoms with Crippen molar-refractivity contribution in [3.05, 3.63) is 41.2 Å². The number of nitrogens with zero attached hydrogens (tertiary/aromatic N) is 4. The normalized spacial score (nSPS) is 10.3. The molecule has 2 amide bonds. The summed E-state index contributed by atoms with van der Waals surface area (Å²) in [5, 5.41) is 10.8. The van der Waals surface area contributed by atoms with Gasteiger partial charge < -0.3 is 15.0 Å². The Morgan fingerprint density at radius 1 is 1.38 bits per heavy atom. The number of amides is 2. The maximum Gasteiger partial charge on any atom is 0.273 e. The van der Waals surface area contributed by atoms with Crippen LogP contribution >= 0.6 is 11.6 Å². The zero-order chi connectivity index (χ0) is 17.5. The largest absolute Gasteiger partial charge is 0.492 e. The highest BCUT2D eigenvalue weighted by molar-refractivity contribution is 6.30. The molecule has 1 aromatic carbocycles. The molecule has 0 saturated carbocycles. The Balaban J connectivity index is 1.76. The Bertz CT molecular complexity index is 717. The van der Waals surface area contributed by atoms with Gasteiger partial charge in [-0.25, -0.2) is 4.68 Å². The lowest BCUT2D eigenvalue weighted by molar-refractivity contribution is -0.129. The van der Waals surface area contributed by atoms with E-state index in [1.807, 2.05) is 0 Å². The smallest absolute Gasteiger partial charge is 0.273 e. The molecule has 0 aliphatic carbocycles. The number of rotatable bonds is 7. The maximum atomic E-state index is 11.9. The monoisotopic (exact) mass is 351 g/mol. The molecule has 0 unspecified atom stereocenters. The highest BCUT2D eigenvalue weighted by Crippen LogP contribution is 2.16. The fourth-order valence-electron chi connectivity index (χ4n) is 1.74. The molecule has 1 N–H and O–H groups in total. The lowest BCUT2D eigenvalue weighted by Gasteiger charge is -2.08. The molecule has 0 radical (unpaired) electrons. The lowest BCUT2D eigenvalue weighted by Crippen LogP contribution is -2.28. The first-order chi connectivity index (χ1) is 11.5. The minimum absolute atomic E-state index is 0.0329. The molecular formula is C15H18ClN5O3. The van der Waals surface area contributed by atoms with Crippen LogP contribution in [-0.4, -0.2) is 59.0 Å². The molecule has 0 aliphatic heterocycles. The van der Waals surface area contributed by atoms with Gasteiger partial charge in [-0.15, -0.1) is 5.10 Å². The quantitative estimate of drug-likeness (QED) is 0.746. The highest BCUT2D eigenvalue weighted by atomic mass is 35.5. The Kier molecular flexibility index (Phi) is 6.14. The third-order valence-corrected chi connectivity index (χ3v) is 3.25. The molecule has 2 aromatic rings. The standard InChI is InChI=1S/C15H18ClN5O3/c1-20(2)14(22)10-21-9-13(18-19-21)15(23)17-6-7-24-12-5-3-4-11(16)8-12/h3-5,8-9H,6-7,10H2,1-2H3,(H,17,23). The Labute approximate surface area is 144 Å². The van der Waals surface area contributed by atoms with E-state index >= 15 is 0 Å². The van der Waals surface area contributed by atoms with Gasteiger partial charge in [-0.05, 0) is 18.2 Å². The first-order valence-corrected chi connectivity index (χ1v) is 7.60. The van der Waals surface area contributed by atoms with Crippen molar-refractivity contribution in [3.63, 3.8) is 0 Å². The molecular weight excluding hydrogens is 334 g/mol. The highest BCUT2D eigenvalue weighted by Gasteiger charge is 2.12. The minimum atomic E-state index is -0.381. The van der Waals surface area contributed by atoms with Crippen LogP contribution < -0.4 is 10.1 Å². The average molecular weight is 352 g/mol. The lowest BCUT2D eigenvalue weighted by atomic mass is 10.3. The second-order valence-corrected chi connectivity index (χ2v) is 5.59. The number of nitrogens with one attached hydrogen (secondary N) is 1. The van der Waals surface area contributed by atoms with E-state index in [2.05, 4.69) is 15.6 Å². The molecule has 0 atom stereocenters. The number of carbonyl (C=O) groups is 2. The van der Waals surface area contributed by atoms with Crippen molar-refractivity contribution in [2.24, 2.45) is 0 Å². The van der Waals surface area contributed by atoms with Gasteiger partial charge in [0, 0.05) is 19.1 Å². The number of halogens is 1. The van der Waals surface area contributed by atoms with E-state index in [4.69, 9.17) is 16.3 Å². The number of benzene rings is 1. The summed E-state index contributed by atoms with van der Waals surface area (Å²) >= 11 is 5.85. The number of carbonyl (C=O) groups excluding carboxylic acids is 2. The summed E-state index contributed by atoms with van der Waals surface area (Å²) in [6, 6.07) is 7.00. The van der Waals surface area contributed by atoms with E-state index in [0.29, 0.717) is 23.9 Å². The molecule has 2 rings (SSSR count). The van der Waals surface area contributed by atoms with Crippen LogP contribution in [0.5, 0.6) is 5.75 Å². The molecule has 0 fully saturated rings. The summed E-state index contributed by atoms with van der Waals surface area (Å²) in [6.45, 7) is 0.624. The first kappa shape index (κ1) is 17.7. The van der Waals surface area contributed by atoms with Crippen molar-refractivity contribution in [2.45, 2.75) is 6.54 Å². The van der Waals surface area contributed by atoms with Crippen LogP contribution in [0, 0.1) is 0 Å². The van der Waals surface area contributed by atoms with Crippen LogP contribution in [0.4, 0.5) is 0 Å². The van der Waals surface area contributed by atoms with Gasteiger partial charge in [-0.3, -0.25) is 9.59 Å². The van der Waals surface area contributed by atoms with Gasteiger partial charge in [0.1, 0.15) is 18.9 Å². The van der Waals surface area contributed by atoms with Crippen molar-refractivity contribution in [2.75, 3.05) is 27.2 Å². The number of aromatic nitrogens is 3. The number of hydrogen-bond acceptors (Lipinski definition) is 5. The van der Waals surface area contributed by atoms with E-state index in [1.54, 1.807) is 38.4 Å². The zero-order valence-electron chi connectivity index (χ0n) is 13.4. The van der Waals surface area contributed by atoms with Gasteiger partial charge in [0.25, 0.3) is 5.91 Å². The average Bonchev–Trinajstić information content (AvgIpc) is 3.00. The predicted octanol–water partition coefficient (Wildman–Crippen LogP) is 0.828.